The second-order valence-electron chi connectivity index (χ2n) is 15.8. The highest BCUT2D eigenvalue weighted by atomic mass is 16.3. The van der Waals surface area contributed by atoms with Gasteiger partial charge in [-0.25, -0.2) is 4.99 Å². The first kappa shape index (κ1) is 34.9. The summed E-state index contributed by atoms with van der Waals surface area (Å²) in [6.07, 6.45) is 0. The largest absolute Gasteiger partial charge is 0.456 e. The van der Waals surface area contributed by atoms with E-state index in [9.17, 15) is 0 Å². The van der Waals surface area contributed by atoms with Crippen LogP contribution in [0.3, 0.4) is 0 Å². The Hall–Kier alpha value is -8.08. The Bertz CT molecular complexity index is 3720. The van der Waals surface area contributed by atoms with E-state index in [2.05, 4.69) is 210 Å². The molecule has 0 aliphatic heterocycles. The average molecular weight is 780 g/mol. The van der Waals surface area contributed by atoms with Crippen LogP contribution in [0.15, 0.2) is 215 Å². The van der Waals surface area contributed by atoms with E-state index in [1.807, 2.05) is 6.07 Å². The Kier molecular flexibility index (Phi) is 8.04. The topological polar surface area (TPSA) is 42.8 Å². The molecule has 0 bridgehead atoms. The molecule has 4 nitrogen and oxygen atoms in total. The standard InChI is InChI=1S/C57H37N3O/c1-58-57(59-35-36-22-26-49-48-20-9-10-21-53(48)60(54(49)30-36)42-14-3-2-4-15-42)41-24-28-50-52-33-40(25-29-55(52)61-56(50)34-41)38-13-11-12-37(31-38)39-23-27-47-45-18-6-5-16-43(45)44-17-7-8-19-46(44)51(47)32-39/h2-34H,1,35H2/b59-57-. The zero-order valence-corrected chi connectivity index (χ0v) is 33.2. The number of furan rings is 1. The molecule has 2 aromatic heterocycles. The van der Waals surface area contributed by atoms with Gasteiger partial charge in [0, 0.05) is 32.8 Å². The predicted octanol–water partition coefficient (Wildman–Crippen LogP) is 15.1. The lowest BCUT2D eigenvalue weighted by Gasteiger charge is -2.12. The highest BCUT2D eigenvalue weighted by Crippen LogP contribution is 2.39. The highest BCUT2D eigenvalue weighted by molar-refractivity contribution is 6.25. The van der Waals surface area contributed by atoms with Gasteiger partial charge in [0.2, 0.25) is 0 Å². The van der Waals surface area contributed by atoms with Crippen LogP contribution in [0.4, 0.5) is 0 Å². The summed E-state index contributed by atoms with van der Waals surface area (Å²) in [6.45, 7) is 4.37. The van der Waals surface area contributed by atoms with Gasteiger partial charge in [-0.05, 0) is 128 Å². The van der Waals surface area contributed by atoms with Gasteiger partial charge >= 0.3 is 0 Å². The summed E-state index contributed by atoms with van der Waals surface area (Å²) < 4.78 is 8.78. The molecule has 0 atom stereocenters. The third kappa shape index (κ3) is 5.76. The second kappa shape index (κ2) is 14.0. The second-order valence-corrected chi connectivity index (χ2v) is 15.8. The van der Waals surface area contributed by atoms with Gasteiger partial charge in [-0.15, -0.1) is 0 Å². The minimum absolute atomic E-state index is 0.466. The van der Waals surface area contributed by atoms with E-state index < -0.39 is 0 Å². The number of benzene rings is 10. The van der Waals surface area contributed by atoms with Gasteiger partial charge in [0.15, 0.2) is 5.84 Å². The van der Waals surface area contributed by atoms with Crippen molar-refractivity contribution in [2.45, 2.75) is 6.54 Å². The number of hydrogen-bond donors (Lipinski definition) is 0. The van der Waals surface area contributed by atoms with E-state index in [-0.39, 0.29) is 0 Å². The van der Waals surface area contributed by atoms with Crippen LogP contribution in [0.25, 0.3) is 104 Å². The maximum Gasteiger partial charge on any atom is 0.154 e. The molecule has 0 amide bonds. The van der Waals surface area contributed by atoms with E-state index in [4.69, 9.17) is 9.41 Å². The number of nitrogens with zero attached hydrogens (tertiary/aromatic N) is 3. The number of para-hydroxylation sites is 2. The summed E-state index contributed by atoms with van der Waals surface area (Å²) in [7, 11) is 0. The third-order valence-electron chi connectivity index (χ3n) is 12.3. The molecule has 0 saturated carbocycles. The number of fused-ring (bicyclic) bond motifs is 12. The lowest BCUT2D eigenvalue weighted by Crippen LogP contribution is -1.98. The summed E-state index contributed by atoms with van der Waals surface area (Å²) in [6, 6.07) is 71.6. The third-order valence-corrected chi connectivity index (χ3v) is 12.3. The molecule has 10 aromatic carbocycles. The zero-order chi connectivity index (χ0) is 40.4. The smallest absolute Gasteiger partial charge is 0.154 e. The molecule has 0 fully saturated rings. The van der Waals surface area contributed by atoms with Crippen molar-refractivity contribution < 1.29 is 4.42 Å². The SMILES string of the molecule is C=N/C(=N\Cc1ccc2c3ccccc3n(-c3ccccc3)c2c1)c1ccc2c(c1)oc1ccc(-c3cccc(-c4ccc5c6ccccc6c6ccccc6c5c4)c3)cc12. The van der Waals surface area contributed by atoms with Crippen molar-refractivity contribution in [2.75, 3.05) is 0 Å². The molecular weight excluding hydrogens is 743 g/mol. The number of hydrogen-bond acceptors (Lipinski definition) is 2. The van der Waals surface area contributed by atoms with Crippen molar-refractivity contribution in [2.24, 2.45) is 9.98 Å². The van der Waals surface area contributed by atoms with Crippen molar-refractivity contribution in [1.82, 2.24) is 4.57 Å². The van der Waals surface area contributed by atoms with Crippen molar-refractivity contribution in [3.63, 3.8) is 0 Å². The van der Waals surface area contributed by atoms with Crippen molar-refractivity contribution in [3.8, 4) is 27.9 Å². The number of aliphatic imine (C=N–C) groups is 2. The van der Waals surface area contributed by atoms with Crippen molar-refractivity contribution in [1.29, 1.82) is 0 Å². The molecule has 0 saturated heterocycles. The van der Waals surface area contributed by atoms with Gasteiger partial charge in [0.05, 0.1) is 17.6 Å². The van der Waals surface area contributed by atoms with E-state index in [1.165, 1.54) is 59.7 Å². The lowest BCUT2D eigenvalue weighted by atomic mass is 9.91. The van der Waals surface area contributed by atoms with Crippen LogP contribution in [0.1, 0.15) is 11.1 Å². The number of aromatic nitrogens is 1. The molecule has 12 rings (SSSR count). The first-order valence-corrected chi connectivity index (χ1v) is 20.7. The van der Waals surface area contributed by atoms with E-state index in [0.717, 1.165) is 55.4 Å². The Morgan fingerprint density at radius 3 is 1.72 bits per heavy atom. The molecule has 286 valence electrons. The van der Waals surface area contributed by atoms with Gasteiger partial charge in [-0.3, -0.25) is 4.99 Å². The maximum absolute atomic E-state index is 6.45. The van der Waals surface area contributed by atoms with Crippen LogP contribution < -0.4 is 0 Å². The number of rotatable bonds is 6. The number of amidine groups is 1. The monoisotopic (exact) mass is 779 g/mol. The Labute approximate surface area is 352 Å². The average Bonchev–Trinajstić information content (AvgIpc) is 3.86. The van der Waals surface area contributed by atoms with E-state index >= 15 is 0 Å². The zero-order valence-electron chi connectivity index (χ0n) is 33.2. The molecule has 0 N–H and O–H groups in total. The van der Waals surface area contributed by atoms with Gasteiger partial charge < -0.3 is 8.98 Å². The molecule has 0 radical (unpaired) electrons. The summed E-state index contributed by atoms with van der Waals surface area (Å²) in [5.41, 5.74) is 11.7. The van der Waals surface area contributed by atoms with E-state index in [1.54, 1.807) is 0 Å². The predicted molar refractivity (Wildman–Crippen MR) is 258 cm³/mol. The Morgan fingerprint density at radius 2 is 0.984 bits per heavy atom. The van der Waals surface area contributed by atoms with Crippen LogP contribution in [0, 0.1) is 0 Å². The molecule has 12 aromatic rings. The van der Waals surface area contributed by atoms with Crippen molar-refractivity contribution in [3.05, 3.63) is 211 Å². The summed E-state index contributed by atoms with van der Waals surface area (Å²) in [5.74, 6) is 0.582. The molecule has 61 heavy (non-hydrogen) atoms. The minimum atomic E-state index is 0.466. The molecule has 2 heterocycles. The first-order chi connectivity index (χ1) is 30.2. The lowest BCUT2D eigenvalue weighted by molar-refractivity contribution is 0.669. The van der Waals surface area contributed by atoms with Gasteiger partial charge in [0.25, 0.3) is 0 Å². The molecular formula is C57H37N3O. The maximum atomic E-state index is 6.45. The Morgan fingerprint density at radius 1 is 0.410 bits per heavy atom. The summed E-state index contributed by atoms with van der Waals surface area (Å²) >= 11 is 0. The first-order valence-electron chi connectivity index (χ1n) is 20.7. The highest BCUT2D eigenvalue weighted by Gasteiger charge is 2.15. The fourth-order valence-electron chi connectivity index (χ4n) is 9.43. The fourth-order valence-corrected chi connectivity index (χ4v) is 9.43. The van der Waals surface area contributed by atoms with Crippen LogP contribution in [-0.2, 0) is 6.54 Å². The summed E-state index contributed by atoms with van der Waals surface area (Å²) in [4.78, 5) is 9.36. The summed E-state index contributed by atoms with van der Waals surface area (Å²) in [5, 5.41) is 12.2. The molecule has 0 aliphatic carbocycles. The quantitative estimate of drug-likeness (QED) is 0.0941. The van der Waals surface area contributed by atoms with Crippen LogP contribution in [-0.4, -0.2) is 17.1 Å². The minimum Gasteiger partial charge on any atom is -0.456 e. The van der Waals surface area contributed by atoms with Crippen LogP contribution in [0.5, 0.6) is 0 Å². The fraction of sp³-hybridized carbons (Fsp3) is 0.0175. The molecule has 0 unspecified atom stereocenters. The molecule has 4 heteroatoms. The van der Waals surface area contributed by atoms with Crippen LogP contribution >= 0.6 is 0 Å². The normalized spacial score (nSPS) is 12.2. The molecule has 0 aliphatic rings. The van der Waals surface area contributed by atoms with Gasteiger partial charge in [-0.2, -0.15) is 0 Å². The van der Waals surface area contributed by atoms with E-state index in [0.29, 0.717) is 12.4 Å². The van der Waals surface area contributed by atoms with Crippen molar-refractivity contribution >= 4 is 88.6 Å². The van der Waals surface area contributed by atoms with Gasteiger partial charge in [-0.1, -0.05) is 140 Å². The Balaban J connectivity index is 0.864. The van der Waals surface area contributed by atoms with Crippen LogP contribution in [0.2, 0.25) is 0 Å². The van der Waals surface area contributed by atoms with Gasteiger partial charge in [0.1, 0.15) is 11.2 Å². The molecule has 0 spiro atoms.